The molecule has 0 unspecified atom stereocenters. The van der Waals surface area contributed by atoms with Crippen molar-refractivity contribution in [1.82, 2.24) is 4.90 Å². The van der Waals surface area contributed by atoms with Crippen molar-refractivity contribution in [2.24, 2.45) is 5.92 Å². The summed E-state index contributed by atoms with van der Waals surface area (Å²) in [5.74, 6) is -0.433. The fourth-order valence-electron chi connectivity index (χ4n) is 2.54. The SMILES string of the molecule is O=C(O)N1CCC[C@H](COc2ccc(C(F)(F)F)cc2[N+](=O)[O-])C1. The first-order valence-corrected chi connectivity index (χ1v) is 7.15. The van der Waals surface area contributed by atoms with Gasteiger partial charge in [-0.1, -0.05) is 0 Å². The number of piperidine rings is 1. The van der Waals surface area contributed by atoms with E-state index in [1.807, 2.05) is 0 Å². The molecule has 10 heteroatoms. The van der Waals surface area contributed by atoms with Gasteiger partial charge in [0.05, 0.1) is 17.1 Å². The average Bonchev–Trinajstić information content (AvgIpc) is 2.52. The number of carbonyl (C=O) groups is 1. The van der Waals surface area contributed by atoms with Crippen molar-refractivity contribution < 1.29 is 32.7 Å². The van der Waals surface area contributed by atoms with E-state index in [2.05, 4.69) is 0 Å². The quantitative estimate of drug-likeness (QED) is 0.665. The van der Waals surface area contributed by atoms with Gasteiger partial charge in [-0.05, 0) is 25.0 Å². The van der Waals surface area contributed by atoms with Gasteiger partial charge in [-0.3, -0.25) is 10.1 Å². The zero-order valence-corrected chi connectivity index (χ0v) is 12.5. The predicted molar refractivity (Wildman–Crippen MR) is 75.9 cm³/mol. The number of alkyl halides is 3. The lowest BCUT2D eigenvalue weighted by Gasteiger charge is -2.30. The van der Waals surface area contributed by atoms with Crippen LogP contribution in [0.15, 0.2) is 18.2 Å². The lowest BCUT2D eigenvalue weighted by atomic mass is 9.99. The van der Waals surface area contributed by atoms with E-state index in [1.165, 1.54) is 4.90 Å². The second-order valence-corrected chi connectivity index (χ2v) is 5.49. The second kappa shape index (κ2) is 6.93. The zero-order chi connectivity index (χ0) is 17.9. The molecule has 1 aliphatic rings. The van der Waals surface area contributed by atoms with Crippen LogP contribution in [-0.4, -0.2) is 40.7 Å². The van der Waals surface area contributed by atoms with E-state index < -0.39 is 28.4 Å². The van der Waals surface area contributed by atoms with E-state index in [0.29, 0.717) is 31.5 Å². The maximum Gasteiger partial charge on any atom is 0.416 e. The third-order valence-electron chi connectivity index (χ3n) is 3.75. The Bertz CT molecular complexity index is 635. The molecule has 1 aliphatic heterocycles. The molecule has 1 heterocycles. The molecule has 24 heavy (non-hydrogen) atoms. The van der Waals surface area contributed by atoms with Crippen LogP contribution in [0.4, 0.5) is 23.7 Å². The number of carboxylic acid groups (broad SMARTS) is 1. The van der Waals surface area contributed by atoms with Gasteiger partial charge in [-0.2, -0.15) is 13.2 Å². The van der Waals surface area contributed by atoms with Crippen molar-refractivity contribution >= 4 is 11.8 Å². The van der Waals surface area contributed by atoms with E-state index in [-0.39, 0.29) is 24.8 Å². The minimum atomic E-state index is -4.69. The topological polar surface area (TPSA) is 92.9 Å². The molecule has 7 nitrogen and oxygen atoms in total. The average molecular weight is 348 g/mol. The molecular formula is C14H15F3N2O5. The summed E-state index contributed by atoms with van der Waals surface area (Å²) in [4.78, 5) is 22.2. The van der Waals surface area contributed by atoms with Gasteiger partial charge in [0.2, 0.25) is 0 Å². The highest BCUT2D eigenvalue weighted by Crippen LogP contribution is 2.36. The van der Waals surface area contributed by atoms with Crippen LogP contribution in [0, 0.1) is 16.0 Å². The van der Waals surface area contributed by atoms with Crippen LogP contribution in [0.2, 0.25) is 0 Å². The zero-order valence-electron chi connectivity index (χ0n) is 12.5. The highest BCUT2D eigenvalue weighted by Gasteiger charge is 2.33. The van der Waals surface area contributed by atoms with Crippen molar-refractivity contribution in [3.8, 4) is 5.75 Å². The van der Waals surface area contributed by atoms with Crippen molar-refractivity contribution in [2.45, 2.75) is 19.0 Å². The molecule has 0 radical (unpaired) electrons. The number of nitro benzene ring substituents is 1. The van der Waals surface area contributed by atoms with Crippen LogP contribution in [0.25, 0.3) is 0 Å². The Morgan fingerprint density at radius 1 is 1.46 bits per heavy atom. The first kappa shape index (κ1) is 17.8. The summed E-state index contributed by atoms with van der Waals surface area (Å²) in [6, 6.07) is 2.06. The monoisotopic (exact) mass is 348 g/mol. The van der Waals surface area contributed by atoms with Crippen LogP contribution in [-0.2, 0) is 6.18 Å². The van der Waals surface area contributed by atoms with Crippen LogP contribution in [0.5, 0.6) is 5.75 Å². The highest BCUT2D eigenvalue weighted by atomic mass is 19.4. The largest absolute Gasteiger partial charge is 0.486 e. The smallest absolute Gasteiger partial charge is 0.416 e. The lowest BCUT2D eigenvalue weighted by molar-refractivity contribution is -0.386. The fraction of sp³-hybridized carbons (Fsp3) is 0.500. The summed E-state index contributed by atoms with van der Waals surface area (Å²) in [6.07, 6.45) is -4.43. The second-order valence-electron chi connectivity index (χ2n) is 5.49. The van der Waals surface area contributed by atoms with E-state index in [0.717, 1.165) is 6.07 Å². The van der Waals surface area contributed by atoms with Crippen LogP contribution < -0.4 is 4.74 Å². The molecule has 1 aromatic rings. The number of hydrogen-bond donors (Lipinski definition) is 1. The minimum Gasteiger partial charge on any atom is -0.486 e. The Balaban J connectivity index is 2.09. The highest BCUT2D eigenvalue weighted by molar-refractivity contribution is 5.65. The summed E-state index contributed by atoms with van der Waals surface area (Å²) in [5, 5.41) is 19.9. The van der Waals surface area contributed by atoms with Crippen LogP contribution >= 0.6 is 0 Å². The van der Waals surface area contributed by atoms with Gasteiger partial charge in [-0.15, -0.1) is 0 Å². The Morgan fingerprint density at radius 3 is 2.75 bits per heavy atom. The number of nitro groups is 1. The molecule has 1 fully saturated rings. The number of ether oxygens (including phenoxy) is 1. The molecule has 1 N–H and O–H groups in total. The first-order valence-electron chi connectivity index (χ1n) is 7.15. The van der Waals surface area contributed by atoms with Gasteiger partial charge in [0.25, 0.3) is 0 Å². The molecule has 0 saturated carbocycles. The maximum atomic E-state index is 12.6. The molecule has 2 rings (SSSR count). The van der Waals surface area contributed by atoms with Gasteiger partial charge in [-0.25, -0.2) is 4.79 Å². The van der Waals surface area contributed by atoms with Gasteiger partial charge in [0.15, 0.2) is 5.75 Å². The number of hydrogen-bond acceptors (Lipinski definition) is 4. The number of benzene rings is 1. The van der Waals surface area contributed by atoms with Crippen LogP contribution in [0.3, 0.4) is 0 Å². The number of amides is 1. The summed E-state index contributed by atoms with van der Waals surface area (Å²) in [5.41, 5.74) is -1.90. The lowest BCUT2D eigenvalue weighted by Crippen LogP contribution is -2.40. The molecule has 1 aromatic carbocycles. The Labute approximate surface area is 134 Å². The molecule has 1 amide bonds. The summed E-state index contributed by atoms with van der Waals surface area (Å²) < 4.78 is 43.2. The molecule has 0 bridgehead atoms. The fourth-order valence-corrected chi connectivity index (χ4v) is 2.54. The summed E-state index contributed by atoms with van der Waals surface area (Å²) in [7, 11) is 0. The Kier molecular flexibility index (Phi) is 5.15. The molecule has 1 atom stereocenters. The van der Waals surface area contributed by atoms with Gasteiger partial charge in [0, 0.05) is 25.1 Å². The standard InChI is InChI=1S/C14H15F3N2O5/c15-14(16,17)10-3-4-12(11(6-10)19(22)23)24-8-9-2-1-5-18(7-9)13(20)21/h3-4,6,9H,1-2,5,7-8H2,(H,20,21)/t9-/m0/s1. The maximum absolute atomic E-state index is 12.6. The van der Waals surface area contributed by atoms with E-state index in [9.17, 15) is 28.1 Å². The molecule has 132 valence electrons. The van der Waals surface area contributed by atoms with Gasteiger partial charge >= 0.3 is 18.0 Å². The molecule has 1 saturated heterocycles. The normalized spacial score (nSPS) is 18.3. The number of rotatable bonds is 4. The number of likely N-dealkylation sites (tertiary alicyclic amines) is 1. The van der Waals surface area contributed by atoms with Crippen LogP contribution in [0.1, 0.15) is 18.4 Å². The third kappa shape index (κ3) is 4.27. The van der Waals surface area contributed by atoms with Crippen molar-refractivity contribution in [3.05, 3.63) is 33.9 Å². The van der Waals surface area contributed by atoms with E-state index in [4.69, 9.17) is 9.84 Å². The molecule has 0 aromatic heterocycles. The van der Waals surface area contributed by atoms with E-state index in [1.54, 1.807) is 0 Å². The molecular weight excluding hydrogens is 333 g/mol. The van der Waals surface area contributed by atoms with E-state index >= 15 is 0 Å². The first-order chi connectivity index (χ1) is 11.2. The predicted octanol–water partition coefficient (Wildman–Crippen LogP) is 3.38. The van der Waals surface area contributed by atoms with Gasteiger partial charge < -0.3 is 14.7 Å². The third-order valence-corrected chi connectivity index (χ3v) is 3.75. The van der Waals surface area contributed by atoms with Crippen molar-refractivity contribution in [3.63, 3.8) is 0 Å². The Hall–Kier alpha value is -2.52. The molecule has 0 aliphatic carbocycles. The van der Waals surface area contributed by atoms with Crippen molar-refractivity contribution in [2.75, 3.05) is 19.7 Å². The number of nitrogens with zero attached hydrogens (tertiary/aromatic N) is 2. The van der Waals surface area contributed by atoms with Crippen molar-refractivity contribution in [1.29, 1.82) is 0 Å². The number of halogens is 3. The summed E-state index contributed by atoms with van der Waals surface area (Å²) in [6.45, 7) is 0.631. The Morgan fingerprint density at radius 2 is 2.17 bits per heavy atom. The minimum absolute atomic E-state index is 0.00398. The molecule has 0 spiro atoms. The van der Waals surface area contributed by atoms with Gasteiger partial charge in [0.1, 0.15) is 0 Å². The summed E-state index contributed by atoms with van der Waals surface area (Å²) >= 11 is 0.